The van der Waals surface area contributed by atoms with Crippen LogP contribution in [0.4, 0.5) is 4.79 Å². The van der Waals surface area contributed by atoms with Crippen LogP contribution in [0.25, 0.3) is 0 Å². The third-order valence-corrected chi connectivity index (χ3v) is 5.11. The summed E-state index contributed by atoms with van der Waals surface area (Å²) in [4.78, 5) is 23.9. The van der Waals surface area contributed by atoms with Gasteiger partial charge < -0.3 is 19.9 Å². The van der Waals surface area contributed by atoms with Crippen LogP contribution in [-0.4, -0.2) is 30.0 Å². The Hall–Kier alpha value is -3.64. The normalized spacial score (nSPS) is 11.4. The highest BCUT2D eigenvalue weighted by atomic mass is 16.6. The van der Waals surface area contributed by atoms with Crippen molar-refractivity contribution in [3.05, 3.63) is 107 Å². The number of rotatable bonds is 11. The summed E-state index contributed by atoms with van der Waals surface area (Å²) < 4.78 is 10.4. The van der Waals surface area contributed by atoms with Gasteiger partial charge in [-0.25, -0.2) is 9.59 Å². The van der Waals surface area contributed by atoms with Crippen molar-refractivity contribution in [2.75, 3.05) is 6.54 Å². The van der Waals surface area contributed by atoms with Crippen molar-refractivity contribution in [3.8, 4) is 0 Å². The molecule has 0 radical (unpaired) electrons. The van der Waals surface area contributed by atoms with Crippen molar-refractivity contribution in [2.24, 2.45) is 0 Å². The van der Waals surface area contributed by atoms with E-state index in [1.807, 2.05) is 42.5 Å². The van der Waals surface area contributed by atoms with Crippen LogP contribution in [0.15, 0.2) is 84.9 Å². The summed E-state index contributed by atoms with van der Waals surface area (Å²) in [6.07, 6.45) is 0.621. The number of ether oxygens (including phenoxy) is 2. The van der Waals surface area contributed by atoms with Gasteiger partial charge in [0.05, 0.1) is 5.56 Å². The minimum absolute atomic E-state index is 0.197. The second-order valence-electron chi connectivity index (χ2n) is 7.66. The maximum absolute atomic E-state index is 12.0. The lowest BCUT2D eigenvalue weighted by Gasteiger charge is -2.13. The van der Waals surface area contributed by atoms with Gasteiger partial charge in [-0.05, 0) is 48.1 Å². The van der Waals surface area contributed by atoms with Crippen molar-refractivity contribution in [2.45, 2.75) is 38.6 Å². The Labute approximate surface area is 194 Å². The van der Waals surface area contributed by atoms with Gasteiger partial charge in [-0.3, -0.25) is 0 Å². The number of alkyl carbamates (subject to hydrolysis) is 1. The lowest BCUT2D eigenvalue weighted by Crippen LogP contribution is -2.25. The first-order valence-corrected chi connectivity index (χ1v) is 11.1. The van der Waals surface area contributed by atoms with Gasteiger partial charge >= 0.3 is 12.1 Å². The molecule has 0 bridgehead atoms. The summed E-state index contributed by atoms with van der Waals surface area (Å²) in [6, 6.07) is 26.6. The Kier molecular flexibility index (Phi) is 9.48. The third-order valence-electron chi connectivity index (χ3n) is 5.11. The van der Waals surface area contributed by atoms with E-state index in [-0.39, 0.29) is 6.61 Å². The summed E-state index contributed by atoms with van der Waals surface area (Å²) in [5.74, 6) is -0.558. The van der Waals surface area contributed by atoms with Crippen molar-refractivity contribution in [1.82, 2.24) is 5.32 Å². The zero-order valence-electron chi connectivity index (χ0n) is 18.5. The number of amides is 1. The van der Waals surface area contributed by atoms with Gasteiger partial charge in [0.15, 0.2) is 0 Å². The molecule has 6 heteroatoms. The zero-order valence-corrected chi connectivity index (χ0v) is 18.5. The number of hydrogen-bond donors (Lipinski definition) is 2. The Bertz CT molecular complexity index is 1010. The summed E-state index contributed by atoms with van der Waals surface area (Å²) in [7, 11) is 0. The van der Waals surface area contributed by atoms with Crippen molar-refractivity contribution < 1.29 is 24.2 Å². The molecular weight excluding hydrogens is 418 g/mol. The molecule has 3 aromatic rings. The smallest absolute Gasteiger partial charge is 0.407 e. The molecule has 33 heavy (non-hydrogen) atoms. The van der Waals surface area contributed by atoms with E-state index in [0.717, 1.165) is 17.5 Å². The van der Waals surface area contributed by atoms with Gasteiger partial charge in [-0.2, -0.15) is 0 Å². The molecule has 0 saturated heterocycles. The molecule has 0 aliphatic carbocycles. The molecule has 0 saturated carbocycles. The Balaban J connectivity index is 1.32. The number of hydrogen-bond acceptors (Lipinski definition) is 5. The lowest BCUT2D eigenvalue weighted by molar-refractivity contribution is -0.0693. The van der Waals surface area contributed by atoms with E-state index < -0.39 is 18.4 Å². The monoisotopic (exact) mass is 447 g/mol. The van der Waals surface area contributed by atoms with Gasteiger partial charge in [-0.15, -0.1) is 0 Å². The number of benzene rings is 3. The van der Waals surface area contributed by atoms with E-state index in [4.69, 9.17) is 9.47 Å². The fourth-order valence-electron chi connectivity index (χ4n) is 3.34. The Morgan fingerprint density at radius 3 is 2.18 bits per heavy atom. The topological polar surface area (TPSA) is 84.9 Å². The lowest BCUT2D eigenvalue weighted by atomic mass is 10.0. The van der Waals surface area contributed by atoms with E-state index in [9.17, 15) is 14.7 Å². The molecule has 3 rings (SSSR count). The molecule has 0 fully saturated rings. The van der Waals surface area contributed by atoms with Gasteiger partial charge in [0.2, 0.25) is 6.29 Å². The maximum Gasteiger partial charge on any atom is 0.407 e. The van der Waals surface area contributed by atoms with Crippen LogP contribution < -0.4 is 5.32 Å². The SMILES string of the molecule is O=C(NCCCCC(O)OC(=O)c1ccccc1)OCc1ccccc1Cc1ccccc1. The van der Waals surface area contributed by atoms with Gasteiger partial charge in [0.1, 0.15) is 6.61 Å². The molecular formula is C27H29NO5. The number of carbonyl (C=O) groups is 2. The van der Waals surface area contributed by atoms with E-state index >= 15 is 0 Å². The predicted octanol–water partition coefficient (Wildman–Crippen LogP) is 4.85. The molecule has 1 atom stereocenters. The van der Waals surface area contributed by atoms with Crippen LogP contribution in [-0.2, 0) is 22.5 Å². The van der Waals surface area contributed by atoms with E-state index in [2.05, 4.69) is 17.4 Å². The number of aliphatic hydroxyl groups is 1. The first-order chi connectivity index (χ1) is 16.1. The molecule has 0 aliphatic rings. The fourth-order valence-corrected chi connectivity index (χ4v) is 3.34. The summed E-state index contributed by atoms with van der Waals surface area (Å²) in [5, 5.41) is 12.6. The second-order valence-corrected chi connectivity index (χ2v) is 7.66. The summed E-state index contributed by atoms with van der Waals surface area (Å²) >= 11 is 0. The van der Waals surface area contributed by atoms with E-state index in [1.165, 1.54) is 5.56 Å². The molecule has 0 heterocycles. The first-order valence-electron chi connectivity index (χ1n) is 11.1. The molecule has 1 unspecified atom stereocenters. The highest BCUT2D eigenvalue weighted by Gasteiger charge is 2.13. The minimum Gasteiger partial charge on any atom is -0.445 e. The number of aliphatic hydroxyl groups excluding tert-OH is 1. The van der Waals surface area contributed by atoms with Gasteiger partial charge in [-0.1, -0.05) is 72.8 Å². The molecule has 172 valence electrons. The maximum atomic E-state index is 12.0. The number of esters is 1. The molecule has 2 N–H and O–H groups in total. The van der Waals surface area contributed by atoms with Crippen LogP contribution in [0.1, 0.15) is 46.3 Å². The van der Waals surface area contributed by atoms with Crippen molar-refractivity contribution >= 4 is 12.1 Å². The van der Waals surface area contributed by atoms with Crippen LogP contribution in [0.5, 0.6) is 0 Å². The highest BCUT2D eigenvalue weighted by molar-refractivity contribution is 5.89. The highest BCUT2D eigenvalue weighted by Crippen LogP contribution is 2.15. The molecule has 1 amide bonds. The second kappa shape index (κ2) is 13.0. The van der Waals surface area contributed by atoms with E-state index in [0.29, 0.717) is 31.4 Å². The first kappa shape index (κ1) is 24.0. The van der Waals surface area contributed by atoms with Gasteiger partial charge in [0.25, 0.3) is 0 Å². The van der Waals surface area contributed by atoms with Crippen molar-refractivity contribution in [1.29, 1.82) is 0 Å². The number of carbonyl (C=O) groups excluding carboxylic acids is 2. The van der Waals surface area contributed by atoms with Crippen LogP contribution in [0.3, 0.4) is 0 Å². The zero-order chi connectivity index (χ0) is 23.3. The van der Waals surface area contributed by atoms with E-state index in [1.54, 1.807) is 30.3 Å². The quantitative estimate of drug-likeness (QED) is 0.249. The van der Waals surface area contributed by atoms with Crippen LogP contribution in [0, 0.1) is 0 Å². The Morgan fingerprint density at radius 1 is 0.818 bits per heavy atom. The average Bonchev–Trinajstić information content (AvgIpc) is 2.84. The molecule has 3 aromatic carbocycles. The minimum atomic E-state index is -1.18. The molecule has 0 aliphatic heterocycles. The van der Waals surface area contributed by atoms with Crippen molar-refractivity contribution in [3.63, 3.8) is 0 Å². The summed E-state index contributed by atoms with van der Waals surface area (Å²) in [5.41, 5.74) is 3.69. The average molecular weight is 448 g/mol. The van der Waals surface area contributed by atoms with Gasteiger partial charge in [0, 0.05) is 13.0 Å². The molecule has 0 aromatic heterocycles. The molecule has 0 spiro atoms. The fraction of sp³-hybridized carbons (Fsp3) is 0.259. The third kappa shape index (κ3) is 8.43. The predicted molar refractivity (Wildman–Crippen MR) is 126 cm³/mol. The van der Waals surface area contributed by atoms with Crippen LogP contribution in [0.2, 0.25) is 0 Å². The molecule has 6 nitrogen and oxygen atoms in total. The van der Waals surface area contributed by atoms with Crippen LogP contribution >= 0.6 is 0 Å². The largest absolute Gasteiger partial charge is 0.445 e. The number of unbranched alkanes of at least 4 members (excludes halogenated alkanes) is 1. The standard InChI is InChI=1S/C27H29NO5/c29-25(33-26(30)22-13-5-2-6-14-22)17-9-10-18-28-27(31)32-20-24-16-8-7-15-23(24)19-21-11-3-1-4-12-21/h1-8,11-16,25,29H,9-10,17-20H2,(H,28,31). The number of nitrogens with one attached hydrogen (secondary N) is 1. The summed E-state index contributed by atoms with van der Waals surface area (Å²) in [6.45, 7) is 0.604. The Morgan fingerprint density at radius 2 is 1.45 bits per heavy atom.